The zero-order chi connectivity index (χ0) is 7.14. The van der Waals surface area contributed by atoms with Crippen LogP contribution in [0, 0.1) is 13.8 Å². The van der Waals surface area contributed by atoms with Crippen LogP contribution in [0.3, 0.4) is 0 Å². The van der Waals surface area contributed by atoms with Crippen molar-refractivity contribution in [3.63, 3.8) is 0 Å². The molecule has 0 bridgehead atoms. The van der Waals surface area contributed by atoms with Gasteiger partial charge >= 0.3 is 71.7 Å². The summed E-state index contributed by atoms with van der Waals surface area (Å²) in [6, 6.07) is 0. The summed E-state index contributed by atoms with van der Waals surface area (Å²) in [7, 11) is 0. The summed E-state index contributed by atoms with van der Waals surface area (Å²) in [4.78, 5) is 3.15. The second-order valence-electron chi connectivity index (χ2n) is 2.66. The van der Waals surface area contributed by atoms with E-state index >= 15 is 0 Å². The van der Waals surface area contributed by atoms with Crippen LogP contribution < -0.4 is 0 Å². The van der Waals surface area contributed by atoms with Crippen molar-refractivity contribution in [2.45, 2.75) is 24.5 Å². The Balaban J connectivity index is 2.61. The molecule has 10 heavy (non-hydrogen) atoms. The molecule has 0 aliphatic carbocycles. The summed E-state index contributed by atoms with van der Waals surface area (Å²) in [6.45, 7) is 4.52. The van der Waals surface area contributed by atoms with E-state index < -0.39 is 0 Å². The van der Waals surface area contributed by atoms with Crippen molar-refractivity contribution in [3.05, 3.63) is 20.9 Å². The molecule has 0 unspecified atom stereocenters. The SMILES string of the molecule is Cc1sc(C)c2c1C[Se]C2. The summed E-state index contributed by atoms with van der Waals surface area (Å²) in [6.07, 6.45) is 0. The molecule has 0 aromatic carbocycles. The monoisotopic (exact) mass is 218 g/mol. The number of hydrogen-bond acceptors (Lipinski definition) is 1. The van der Waals surface area contributed by atoms with Gasteiger partial charge in [0, 0.05) is 0 Å². The quantitative estimate of drug-likeness (QED) is 0.584. The first kappa shape index (κ1) is 6.90. The molecule has 0 N–H and O–H groups in total. The molecular formula is C8H10SSe. The Morgan fingerprint density at radius 2 is 1.60 bits per heavy atom. The van der Waals surface area contributed by atoms with Crippen molar-refractivity contribution in [2.24, 2.45) is 0 Å². The minimum atomic E-state index is 0.897. The van der Waals surface area contributed by atoms with Gasteiger partial charge in [-0.1, -0.05) is 0 Å². The molecule has 0 fully saturated rings. The van der Waals surface area contributed by atoms with E-state index in [1.807, 2.05) is 11.3 Å². The Morgan fingerprint density at radius 3 is 2.10 bits per heavy atom. The first-order chi connectivity index (χ1) is 4.79. The third-order valence-corrected chi connectivity index (χ3v) is 5.19. The fourth-order valence-electron chi connectivity index (χ4n) is 1.41. The molecule has 0 saturated heterocycles. The van der Waals surface area contributed by atoms with E-state index in [1.54, 1.807) is 20.9 Å². The second-order valence-corrected chi connectivity index (χ2v) is 6.16. The first-order valence-corrected chi connectivity index (χ1v) is 6.68. The van der Waals surface area contributed by atoms with E-state index in [0.29, 0.717) is 0 Å². The molecule has 1 aromatic rings. The Kier molecular flexibility index (Phi) is 1.63. The molecule has 2 heteroatoms. The second kappa shape index (κ2) is 2.37. The maximum atomic E-state index is 2.26. The van der Waals surface area contributed by atoms with Crippen LogP contribution in [0.5, 0.6) is 0 Å². The number of fused-ring (bicyclic) bond motifs is 1. The number of hydrogen-bond donors (Lipinski definition) is 0. The molecule has 54 valence electrons. The average molecular weight is 217 g/mol. The molecular weight excluding hydrogens is 207 g/mol. The predicted molar refractivity (Wildman–Crippen MR) is 47.0 cm³/mol. The molecule has 0 amide bonds. The van der Waals surface area contributed by atoms with Crippen molar-refractivity contribution in [2.75, 3.05) is 0 Å². The van der Waals surface area contributed by atoms with Gasteiger partial charge in [-0.05, 0) is 0 Å². The summed E-state index contributed by atoms with van der Waals surface area (Å²) >= 11 is 2.88. The molecule has 1 aliphatic heterocycles. The number of aryl methyl sites for hydroxylation is 2. The van der Waals surface area contributed by atoms with Gasteiger partial charge in [0.1, 0.15) is 0 Å². The Labute approximate surface area is 71.8 Å². The van der Waals surface area contributed by atoms with Crippen LogP contribution in [0.15, 0.2) is 0 Å². The fourth-order valence-corrected chi connectivity index (χ4v) is 5.63. The molecule has 0 radical (unpaired) electrons. The van der Waals surface area contributed by atoms with Crippen molar-refractivity contribution in [3.8, 4) is 0 Å². The van der Waals surface area contributed by atoms with Crippen molar-refractivity contribution in [1.82, 2.24) is 0 Å². The van der Waals surface area contributed by atoms with Crippen molar-refractivity contribution in [1.29, 1.82) is 0 Å². The molecule has 0 saturated carbocycles. The summed E-state index contributed by atoms with van der Waals surface area (Å²) in [5.41, 5.74) is 3.39. The van der Waals surface area contributed by atoms with Crippen molar-refractivity contribution >= 4 is 26.3 Å². The van der Waals surface area contributed by atoms with Gasteiger partial charge in [0.25, 0.3) is 0 Å². The van der Waals surface area contributed by atoms with Crippen LogP contribution in [-0.4, -0.2) is 15.0 Å². The van der Waals surface area contributed by atoms with E-state index in [0.717, 1.165) is 15.0 Å². The predicted octanol–water partition coefficient (Wildman–Crippen LogP) is 2.08. The molecule has 1 aliphatic rings. The molecule has 2 heterocycles. The fraction of sp³-hybridized carbons (Fsp3) is 0.500. The van der Waals surface area contributed by atoms with Crippen LogP contribution in [-0.2, 0) is 10.6 Å². The zero-order valence-electron chi connectivity index (χ0n) is 6.23. The average Bonchev–Trinajstić information content (AvgIpc) is 2.39. The molecule has 0 nitrogen and oxygen atoms in total. The normalized spacial score (nSPS) is 15.8. The molecule has 0 spiro atoms. The van der Waals surface area contributed by atoms with Gasteiger partial charge in [-0.2, -0.15) is 0 Å². The zero-order valence-corrected chi connectivity index (χ0v) is 8.76. The van der Waals surface area contributed by atoms with Gasteiger partial charge in [0.05, 0.1) is 0 Å². The maximum absolute atomic E-state index is 2.26. The Morgan fingerprint density at radius 1 is 1.10 bits per heavy atom. The molecule has 0 atom stereocenters. The van der Waals surface area contributed by atoms with E-state index in [2.05, 4.69) is 13.8 Å². The first-order valence-electron chi connectivity index (χ1n) is 3.44. The summed E-state index contributed by atoms with van der Waals surface area (Å²) in [5, 5.41) is 2.80. The molecule has 2 rings (SSSR count). The summed E-state index contributed by atoms with van der Waals surface area (Å²) in [5.74, 6) is 0. The van der Waals surface area contributed by atoms with Crippen LogP contribution in [0.2, 0.25) is 0 Å². The van der Waals surface area contributed by atoms with Gasteiger partial charge in [-0.15, -0.1) is 0 Å². The third kappa shape index (κ3) is 0.868. The van der Waals surface area contributed by atoms with Gasteiger partial charge in [-0.25, -0.2) is 0 Å². The van der Waals surface area contributed by atoms with Gasteiger partial charge in [0.2, 0.25) is 0 Å². The van der Waals surface area contributed by atoms with Crippen molar-refractivity contribution < 1.29 is 0 Å². The van der Waals surface area contributed by atoms with E-state index in [1.165, 1.54) is 10.6 Å². The standard InChI is InChI=1S/C8H10SSe/c1-5-7-3-10-4-8(7)6(2)9-5/h3-4H2,1-2H3. The topological polar surface area (TPSA) is 0 Å². The van der Waals surface area contributed by atoms with Crippen LogP contribution >= 0.6 is 11.3 Å². The van der Waals surface area contributed by atoms with Gasteiger partial charge in [0.15, 0.2) is 0 Å². The number of rotatable bonds is 0. The van der Waals surface area contributed by atoms with Crippen LogP contribution in [0.1, 0.15) is 20.9 Å². The minimum absolute atomic E-state index is 0.897. The van der Waals surface area contributed by atoms with E-state index in [-0.39, 0.29) is 0 Å². The van der Waals surface area contributed by atoms with Gasteiger partial charge < -0.3 is 0 Å². The van der Waals surface area contributed by atoms with E-state index in [4.69, 9.17) is 0 Å². The van der Waals surface area contributed by atoms with Gasteiger partial charge in [-0.3, -0.25) is 0 Å². The van der Waals surface area contributed by atoms with Crippen LogP contribution in [0.4, 0.5) is 0 Å². The third-order valence-electron chi connectivity index (χ3n) is 2.01. The number of thiophene rings is 1. The summed E-state index contributed by atoms with van der Waals surface area (Å²) < 4.78 is 0. The molecule has 1 aromatic heterocycles. The Bertz CT molecular complexity index is 238. The van der Waals surface area contributed by atoms with E-state index in [9.17, 15) is 0 Å². The Hall–Kier alpha value is 0.219. The van der Waals surface area contributed by atoms with Crippen LogP contribution in [0.25, 0.3) is 0 Å².